The van der Waals surface area contributed by atoms with Gasteiger partial charge in [-0.05, 0) is 18.8 Å². The van der Waals surface area contributed by atoms with Gasteiger partial charge in [-0.3, -0.25) is 14.5 Å². The normalized spacial score (nSPS) is 13.1. The van der Waals surface area contributed by atoms with E-state index in [1.54, 1.807) is 0 Å². The summed E-state index contributed by atoms with van der Waals surface area (Å²) in [5.41, 5.74) is 0. The van der Waals surface area contributed by atoms with Crippen molar-refractivity contribution in [3.63, 3.8) is 0 Å². The molecule has 2 N–H and O–H groups in total. The first-order chi connectivity index (χ1) is 8.23. The third kappa shape index (κ3) is 7.27. The molecule has 5 heteroatoms. The maximum Gasteiger partial charge on any atom is 0.322 e. The fourth-order valence-electron chi connectivity index (χ4n) is 1.81. The topological polar surface area (TPSA) is 69.6 Å². The largest absolute Gasteiger partial charge is 0.480 e. The molecule has 0 saturated heterocycles. The second-order valence-electron chi connectivity index (χ2n) is 5.53. The molecule has 1 atom stereocenters. The van der Waals surface area contributed by atoms with Crippen LogP contribution in [-0.4, -0.2) is 47.6 Å². The lowest BCUT2D eigenvalue weighted by molar-refractivity contribution is -0.138. The molecule has 0 radical (unpaired) electrons. The summed E-state index contributed by atoms with van der Waals surface area (Å²) in [6, 6.07) is -0.297. The molecule has 0 spiro atoms. The van der Waals surface area contributed by atoms with Crippen molar-refractivity contribution in [1.82, 2.24) is 10.2 Å². The molecule has 0 aromatic heterocycles. The van der Waals surface area contributed by atoms with Crippen molar-refractivity contribution in [3.8, 4) is 0 Å². The van der Waals surface area contributed by atoms with Crippen LogP contribution in [0.2, 0.25) is 0 Å². The van der Waals surface area contributed by atoms with Crippen LogP contribution in [0, 0.1) is 11.8 Å². The van der Waals surface area contributed by atoms with Crippen LogP contribution >= 0.6 is 0 Å². The summed E-state index contributed by atoms with van der Waals surface area (Å²) >= 11 is 0. The van der Waals surface area contributed by atoms with Crippen LogP contribution in [-0.2, 0) is 9.59 Å². The van der Waals surface area contributed by atoms with Gasteiger partial charge in [0.2, 0.25) is 5.91 Å². The molecule has 0 heterocycles. The lowest BCUT2D eigenvalue weighted by Gasteiger charge is -2.31. The molecule has 0 fully saturated rings. The second-order valence-corrected chi connectivity index (χ2v) is 5.53. The van der Waals surface area contributed by atoms with Gasteiger partial charge in [-0.25, -0.2) is 0 Å². The summed E-state index contributed by atoms with van der Waals surface area (Å²) in [4.78, 5) is 24.4. The summed E-state index contributed by atoms with van der Waals surface area (Å²) in [5, 5.41) is 11.0. The average Bonchev–Trinajstić information content (AvgIpc) is 2.22. The van der Waals surface area contributed by atoms with E-state index in [2.05, 4.69) is 37.9 Å². The Morgan fingerprint density at radius 1 is 1.06 bits per heavy atom. The number of hydrogen-bond acceptors (Lipinski definition) is 3. The molecule has 0 aromatic rings. The molecule has 18 heavy (non-hydrogen) atoms. The highest BCUT2D eigenvalue weighted by atomic mass is 16.4. The number of carboxylic acid groups (broad SMARTS) is 1. The van der Waals surface area contributed by atoms with Crippen molar-refractivity contribution in [1.29, 1.82) is 0 Å². The van der Waals surface area contributed by atoms with Crippen LogP contribution in [0.15, 0.2) is 0 Å². The minimum Gasteiger partial charge on any atom is -0.480 e. The van der Waals surface area contributed by atoms with E-state index in [1.807, 2.05) is 6.92 Å². The molecule has 0 aliphatic carbocycles. The first kappa shape index (κ1) is 16.9. The van der Waals surface area contributed by atoms with E-state index in [1.165, 1.54) is 0 Å². The van der Waals surface area contributed by atoms with Crippen LogP contribution in [0.3, 0.4) is 0 Å². The number of carbonyl (C=O) groups is 2. The fourth-order valence-corrected chi connectivity index (χ4v) is 1.81. The molecule has 0 saturated carbocycles. The number of nitrogens with zero attached hydrogens (tertiary/aromatic N) is 1. The van der Waals surface area contributed by atoms with Gasteiger partial charge in [-0.2, -0.15) is 0 Å². The second kappa shape index (κ2) is 8.08. The maximum atomic E-state index is 11.8. The third-order valence-electron chi connectivity index (χ3n) is 2.54. The van der Waals surface area contributed by atoms with E-state index in [0.29, 0.717) is 11.8 Å². The Morgan fingerprint density at radius 2 is 1.50 bits per heavy atom. The number of rotatable bonds is 8. The highest BCUT2D eigenvalue weighted by Crippen LogP contribution is 2.08. The number of hydrogen-bond donors (Lipinski definition) is 2. The molecule has 1 unspecified atom stereocenters. The monoisotopic (exact) mass is 258 g/mol. The Bertz CT molecular complexity index is 267. The van der Waals surface area contributed by atoms with Gasteiger partial charge in [0.25, 0.3) is 0 Å². The van der Waals surface area contributed by atoms with Gasteiger partial charge in [0.1, 0.15) is 6.54 Å². The van der Waals surface area contributed by atoms with Crippen LogP contribution in [0.5, 0.6) is 0 Å². The molecule has 0 bridgehead atoms. The molecule has 0 aliphatic rings. The van der Waals surface area contributed by atoms with Gasteiger partial charge in [-0.1, -0.05) is 27.7 Å². The molecule has 0 rings (SSSR count). The highest BCUT2D eigenvalue weighted by Gasteiger charge is 2.22. The Balaban J connectivity index is 4.47. The fraction of sp³-hybridized carbons (Fsp3) is 0.846. The highest BCUT2D eigenvalue weighted by molar-refractivity contribution is 5.84. The predicted molar refractivity (Wildman–Crippen MR) is 71.4 cm³/mol. The summed E-state index contributed by atoms with van der Waals surface area (Å²) in [6.45, 7) is 11.6. The Labute approximate surface area is 110 Å². The Hall–Kier alpha value is -1.10. The standard InChI is InChI=1S/C13H26N2O3/c1-9(2)7-15(8-10(3)4)11(5)13(18)14-6-12(16)17/h9-11H,6-8H2,1-5H3,(H,14,18)(H,16,17). The van der Waals surface area contributed by atoms with Crippen molar-refractivity contribution < 1.29 is 14.7 Å². The smallest absolute Gasteiger partial charge is 0.322 e. The van der Waals surface area contributed by atoms with Gasteiger partial charge >= 0.3 is 5.97 Å². The van der Waals surface area contributed by atoms with E-state index < -0.39 is 5.97 Å². The van der Waals surface area contributed by atoms with Crippen molar-refractivity contribution >= 4 is 11.9 Å². The van der Waals surface area contributed by atoms with E-state index in [0.717, 1.165) is 13.1 Å². The summed E-state index contributed by atoms with van der Waals surface area (Å²) in [7, 11) is 0. The number of amides is 1. The summed E-state index contributed by atoms with van der Waals surface area (Å²) in [6.07, 6.45) is 0. The molecule has 5 nitrogen and oxygen atoms in total. The van der Waals surface area contributed by atoms with Gasteiger partial charge in [-0.15, -0.1) is 0 Å². The van der Waals surface area contributed by atoms with Gasteiger partial charge in [0, 0.05) is 13.1 Å². The zero-order valence-electron chi connectivity index (χ0n) is 12.1. The summed E-state index contributed by atoms with van der Waals surface area (Å²) < 4.78 is 0. The van der Waals surface area contributed by atoms with Gasteiger partial charge < -0.3 is 10.4 Å². The SMILES string of the molecule is CC(C)CN(CC(C)C)C(C)C(=O)NCC(=O)O. The lowest BCUT2D eigenvalue weighted by atomic mass is 10.1. The molecular formula is C13H26N2O3. The zero-order valence-corrected chi connectivity index (χ0v) is 12.1. The number of carboxylic acids is 1. The first-order valence-electron chi connectivity index (χ1n) is 6.47. The van der Waals surface area contributed by atoms with E-state index in [-0.39, 0.29) is 18.5 Å². The quantitative estimate of drug-likeness (QED) is 0.686. The van der Waals surface area contributed by atoms with Crippen molar-refractivity contribution in [2.24, 2.45) is 11.8 Å². The van der Waals surface area contributed by atoms with Crippen molar-refractivity contribution in [2.45, 2.75) is 40.7 Å². The number of nitrogens with one attached hydrogen (secondary N) is 1. The van der Waals surface area contributed by atoms with Crippen LogP contribution in [0.25, 0.3) is 0 Å². The third-order valence-corrected chi connectivity index (χ3v) is 2.54. The molecule has 0 aliphatic heterocycles. The van der Waals surface area contributed by atoms with Gasteiger partial charge in [0.15, 0.2) is 0 Å². The van der Waals surface area contributed by atoms with E-state index >= 15 is 0 Å². The molecule has 1 amide bonds. The van der Waals surface area contributed by atoms with Crippen molar-refractivity contribution in [3.05, 3.63) is 0 Å². The molecule has 106 valence electrons. The maximum absolute atomic E-state index is 11.8. The minimum atomic E-state index is -1.02. The van der Waals surface area contributed by atoms with Gasteiger partial charge in [0.05, 0.1) is 6.04 Å². The number of aliphatic carboxylic acids is 1. The molecule has 0 aromatic carbocycles. The minimum absolute atomic E-state index is 0.223. The predicted octanol–water partition coefficient (Wildman–Crippen LogP) is 1.19. The zero-order chi connectivity index (χ0) is 14.3. The van der Waals surface area contributed by atoms with Crippen molar-refractivity contribution in [2.75, 3.05) is 19.6 Å². The number of carbonyl (C=O) groups excluding carboxylic acids is 1. The Kier molecular flexibility index (Phi) is 7.59. The Morgan fingerprint density at radius 3 is 1.83 bits per heavy atom. The van der Waals surface area contributed by atoms with Crippen LogP contribution < -0.4 is 5.32 Å². The van der Waals surface area contributed by atoms with Crippen LogP contribution in [0.1, 0.15) is 34.6 Å². The lowest BCUT2D eigenvalue weighted by Crippen LogP contribution is -2.48. The van der Waals surface area contributed by atoms with E-state index in [4.69, 9.17) is 5.11 Å². The summed E-state index contributed by atoms with van der Waals surface area (Å²) in [5.74, 6) is -0.300. The van der Waals surface area contributed by atoms with E-state index in [9.17, 15) is 9.59 Å². The first-order valence-corrected chi connectivity index (χ1v) is 6.47. The van der Waals surface area contributed by atoms with Crippen LogP contribution in [0.4, 0.5) is 0 Å². The average molecular weight is 258 g/mol. The molecular weight excluding hydrogens is 232 g/mol.